The number of nitrogens with one attached hydrogen (secondary N) is 1. The minimum atomic E-state index is -0.456. The Hall–Kier alpha value is -1.36. The predicted molar refractivity (Wildman–Crippen MR) is 50.1 cm³/mol. The first-order valence-corrected chi connectivity index (χ1v) is 4.19. The molecule has 0 saturated heterocycles. The van der Waals surface area contributed by atoms with Gasteiger partial charge in [-0.05, 0) is 6.42 Å². The quantitative estimate of drug-likeness (QED) is 0.696. The number of anilines is 1. The first kappa shape index (κ1) is 9.73. The van der Waals surface area contributed by atoms with Gasteiger partial charge in [-0.3, -0.25) is 9.48 Å². The largest absolute Gasteiger partial charge is 0.320 e. The molecule has 0 spiro atoms. The molecule has 0 radical (unpaired) electrons. The molecule has 1 aromatic heterocycles. The minimum Gasteiger partial charge on any atom is -0.320 e. The summed E-state index contributed by atoms with van der Waals surface area (Å²) in [6.07, 6.45) is 2.38. The summed E-state index contributed by atoms with van der Waals surface area (Å²) in [6.45, 7) is 1.86. The molecule has 1 unspecified atom stereocenters. The van der Waals surface area contributed by atoms with Gasteiger partial charge in [0.25, 0.3) is 0 Å². The van der Waals surface area contributed by atoms with Crippen LogP contribution in [0.3, 0.4) is 0 Å². The number of hydrogen-bond acceptors (Lipinski definition) is 3. The van der Waals surface area contributed by atoms with E-state index in [0.29, 0.717) is 12.2 Å². The summed E-state index contributed by atoms with van der Waals surface area (Å²) < 4.78 is 1.62. The Balaban J connectivity index is 2.54. The molecule has 0 saturated carbocycles. The van der Waals surface area contributed by atoms with Gasteiger partial charge in [0.2, 0.25) is 5.91 Å². The van der Waals surface area contributed by atoms with E-state index in [4.69, 9.17) is 5.73 Å². The Labute approximate surface area is 76.9 Å². The zero-order valence-corrected chi connectivity index (χ0v) is 7.82. The van der Waals surface area contributed by atoms with Crippen molar-refractivity contribution in [2.45, 2.75) is 19.4 Å². The van der Waals surface area contributed by atoms with E-state index in [1.807, 2.05) is 6.92 Å². The summed E-state index contributed by atoms with van der Waals surface area (Å²) in [7, 11) is 1.79. The summed E-state index contributed by atoms with van der Waals surface area (Å²) in [6, 6.07) is 1.27. The van der Waals surface area contributed by atoms with Crippen molar-refractivity contribution in [2.24, 2.45) is 12.8 Å². The van der Waals surface area contributed by atoms with Crippen LogP contribution < -0.4 is 11.1 Å². The van der Waals surface area contributed by atoms with Crippen molar-refractivity contribution in [3.63, 3.8) is 0 Å². The molecule has 72 valence electrons. The van der Waals surface area contributed by atoms with Gasteiger partial charge in [0.1, 0.15) is 0 Å². The summed E-state index contributed by atoms with van der Waals surface area (Å²) in [5.41, 5.74) is 5.52. The van der Waals surface area contributed by atoms with Gasteiger partial charge in [-0.2, -0.15) is 5.10 Å². The lowest BCUT2D eigenvalue weighted by atomic mass is 10.2. The lowest BCUT2D eigenvalue weighted by Gasteiger charge is -2.06. The molecule has 1 rings (SSSR count). The third-order valence-corrected chi connectivity index (χ3v) is 1.74. The SMILES string of the molecule is CCC(N)C(=O)Nc1ccn(C)n1. The number of nitrogens with two attached hydrogens (primary N) is 1. The normalized spacial score (nSPS) is 12.5. The Morgan fingerprint density at radius 2 is 2.54 bits per heavy atom. The van der Waals surface area contributed by atoms with Crippen LogP contribution in [0.4, 0.5) is 5.82 Å². The van der Waals surface area contributed by atoms with Crippen LogP contribution in [-0.4, -0.2) is 21.7 Å². The topological polar surface area (TPSA) is 72.9 Å². The second kappa shape index (κ2) is 4.04. The standard InChI is InChI=1S/C8H14N4O/c1-3-6(9)8(13)10-7-4-5-12(2)11-7/h4-6H,3,9H2,1-2H3,(H,10,11,13). The highest BCUT2D eigenvalue weighted by Crippen LogP contribution is 2.01. The van der Waals surface area contributed by atoms with E-state index in [2.05, 4.69) is 10.4 Å². The van der Waals surface area contributed by atoms with Gasteiger partial charge in [0, 0.05) is 19.3 Å². The second-order valence-electron chi connectivity index (χ2n) is 2.88. The lowest BCUT2D eigenvalue weighted by molar-refractivity contribution is -0.117. The van der Waals surface area contributed by atoms with Gasteiger partial charge >= 0.3 is 0 Å². The van der Waals surface area contributed by atoms with Crippen molar-refractivity contribution >= 4 is 11.7 Å². The summed E-state index contributed by atoms with van der Waals surface area (Å²) in [5, 5.41) is 6.61. The molecule has 3 N–H and O–H groups in total. The maximum absolute atomic E-state index is 11.3. The second-order valence-corrected chi connectivity index (χ2v) is 2.88. The zero-order chi connectivity index (χ0) is 9.84. The molecular formula is C8H14N4O. The van der Waals surface area contributed by atoms with Gasteiger partial charge in [-0.1, -0.05) is 6.92 Å². The van der Waals surface area contributed by atoms with E-state index in [-0.39, 0.29) is 5.91 Å². The number of aryl methyl sites for hydroxylation is 1. The third-order valence-electron chi connectivity index (χ3n) is 1.74. The average Bonchev–Trinajstić information content (AvgIpc) is 2.49. The molecule has 0 aliphatic carbocycles. The number of carbonyl (C=O) groups excluding carboxylic acids is 1. The Bertz CT molecular complexity index is 294. The molecule has 0 aliphatic heterocycles. The Morgan fingerprint density at radius 3 is 3.00 bits per heavy atom. The third kappa shape index (κ3) is 2.55. The van der Waals surface area contributed by atoms with Gasteiger partial charge in [0.15, 0.2) is 5.82 Å². The van der Waals surface area contributed by atoms with Gasteiger partial charge < -0.3 is 11.1 Å². The smallest absolute Gasteiger partial charge is 0.242 e. The molecule has 0 aromatic carbocycles. The van der Waals surface area contributed by atoms with Crippen LogP contribution in [0.15, 0.2) is 12.3 Å². The minimum absolute atomic E-state index is 0.193. The first-order chi connectivity index (χ1) is 6.13. The van der Waals surface area contributed by atoms with Gasteiger partial charge in [0.05, 0.1) is 6.04 Å². The average molecular weight is 182 g/mol. The number of amides is 1. The van der Waals surface area contributed by atoms with E-state index in [0.717, 1.165) is 0 Å². The monoisotopic (exact) mass is 182 g/mol. The molecule has 1 atom stereocenters. The highest BCUT2D eigenvalue weighted by Gasteiger charge is 2.11. The zero-order valence-electron chi connectivity index (χ0n) is 7.82. The fourth-order valence-electron chi connectivity index (χ4n) is 0.886. The number of hydrogen-bond donors (Lipinski definition) is 2. The molecule has 1 amide bonds. The molecule has 13 heavy (non-hydrogen) atoms. The fourth-order valence-corrected chi connectivity index (χ4v) is 0.886. The van der Waals surface area contributed by atoms with Crippen LogP contribution in [0.2, 0.25) is 0 Å². The fraction of sp³-hybridized carbons (Fsp3) is 0.500. The van der Waals surface area contributed by atoms with E-state index in [1.165, 1.54) is 0 Å². The van der Waals surface area contributed by atoms with E-state index < -0.39 is 6.04 Å². The van der Waals surface area contributed by atoms with Crippen molar-refractivity contribution in [2.75, 3.05) is 5.32 Å². The van der Waals surface area contributed by atoms with E-state index in [9.17, 15) is 4.79 Å². The molecule has 5 nitrogen and oxygen atoms in total. The Kier molecular flexibility index (Phi) is 3.02. The molecule has 0 fully saturated rings. The highest BCUT2D eigenvalue weighted by atomic mass is 16.2. The molecular weight excluding hydrogens is 168 g/mol. The van der Waals surface area contributed by atoms with E-state index in [1.54, 1.807) is 24.0 Å². The van der Waals surface area contributed by atoms with Crippen LogP contribution in [0.1, 0.15) is 13.3 Å². The van der Waals surface area contributed by atoms with Crippen molar-refractivity contribution in [3.8, 4) is 0 Å². The lowest BCUT2D eigenvalue weighted by Crippen LogP contribution is -2.34. The number of nitrogens with zero attached hydrogens (tertiary/aromatic N) is 2. The first-order valence-electron chi connectivity index (χ1n) is 4.19. The van der Waals surface area contributed by atoms with Gasteiger partial charge in [-0.25, -0.2) is 0 Å². The van der Waals surface area contributed by atoms with Crippen LogP contribution in [0.5, 0.6) is 0 Å². The molecule has 5 heteroatoms. The van der Waals surface area contributed by atoms with Crippen LogP contribution >= 0.6 is 0 Å². The summed E-state index contributed by atoms with van der Waals surface area (Å²) >= 11 is 0. The highest BCUT2D eigenvalue weighted by molar-refractivity contribution is 5.93. The Morgan fingerprint density at radius 1 is 1.85 bits per heavy atom. The number of aromatic nitrogens is 2. The number of rotatable bonds is 3. The van der Waals surface area contributed by atoms with Crippen LogP contribution in [0.25, 0.3) is 0 Å². The van der Waals surface area contributed by atoms with E-state index >= 15 is 0 Å². The maximum Gasteiger partial charge on any atom is 0.242 e. The number of carbonyl (C=O) groups is 1. The van der Waals surface area contributed by atoms with Gasteiger partial charge in [-0.15, -0.1) is 0 Å². The van der Waals surface area contributed by atoms with Crippen molar-refractivity contribution < 1.29 is 4.79 Å². The summed E-state index contributed by atoms with van der Waals surface area (Å²) in [4.78, 5) is 11.3. The summed E-state index contributed by atoms with van der Waals surface area (Å²) in [5.74, 6) is 0.345. The van der Waals surface area contributed by atoms with Crippen LogP contribution in [0, 0.1) is 0 Å². The van der Waals surface area contributed by atoms with Crippen molar-refractivity contribution in [3.05, 3.63) is 12.3 Å². The van der Waals surface area contributed by atoms with Crippen LogP contribution in [-0.2, 0) is 11.8 Å². The molecule has 1 aromatic rings. The van der Waals surface area contributed by atoms with Crippen molar-refractivity contribution in [1.82, 2.24) is 9.78 Å². The van der Waals surface area contributed by atoms with Crippen molar-refractivity contribution in [1.29, 1.82) is 0 Å². The molecule has 0 aliphatic rings. The predicted octanol–water partition coefficient (Wildman–Crippen LogP) is 0.0959. The molecule has 0 bridgehead atoms. The maximum atomic E-state index is 11.3. The molecule has 1 heterocycles.